The molecule has 226 valence electrons. The molecule has 3 nitrogen and oxygen atoms in total. The van der Waals surface area contributed by atoms with E-state index in [4.69, 9.17) is 9.97 Å². The Bertz CT molecular complexity index is 3080. The molecule has 0 fully saturated rings. The Balaban J connectivity index is 1.12. The van der Waals surface area contributed by atoms with E-state index in [1.54, 1.807) is 0 Å². The van der Waals surface area contributed by atoms with Crippen LogP contribution >= 0.6 is 0 Å². The summed E-state index contributed by atoms with van der Waals surface area (Å²) >= 11 is 0. The molecule has 11 rings (SSSR count). The Labute approximate surface area is 281 Å². The van der Waals surface area contributed by atoms with Gasteiger partial charge in [-0.1, -0.05) is 140 Å². The maximum Gasteiger partial charge on any atom is 0.0979 e. The van der Waals surface area contributed by atoms with E-state index in [0.29, 0.717) is 0 Å². The van der Waals surface area contributed by atoms with E-state index in [2.05, 4.69) is 162 Å². The first-order valence-corrected chi connectivity index (χ1v) is 16.8. The van der Waals surface area contributed by atoms with Gasteiger partial charge in [0.05, 0.1) is 39.5 Å². The molecule has 8 aromatic carbocycles. The van der Waals surface area contributed by atoms with Gasteiger partial charge in [0, 0.05) is 37.9 Å². The molecular weight excluding hydrogens is 595 g/mol. The van der Waals surface area contributed by atoms with Gasteiger partial charge in [0.1, 0.15) is 0 Å². The lowest BCUT2D eigenvalue weighted by molar-refractivity contribution is 1.31. The number of aromatic nitrogens is 3. The van der Waals surface area contributed by atoms with Gasteiger partial charge in [-0.25, -0.2) is 4.98 Å². The van der Waals surface area contributed by atoms with Gasteiger partial charge in [-0.2, -0.15) is 0 Å². The third kappa shape index (κ3) is 3.67. The zero-order valence-electron chi connectivity index (χ0n) is 26.4. The number of hydrogen-bond donors (Lipinski definition) is 0. The Hall–Kier alpha value is -6.58. The Morgan fingerprint density at radius 2 is 0.898 bits per heavy atom. The van der Waals surface area contributed by atoms with E-state index in [1.165, 1.54) is 65.6 Å². The predicted molar refractivity (Wildman–Crippen MR) is 206 cm³/mol. The molecule has 0 radical (unpaired) electrons. The minimum absolute atomic E-state index is 0.866. The number of fused-ring (bicyclic) bond motifs is 12. The standard InChI is InChI=1S/C46H27N3/c1-2-13-30(29(12-1)28-24-25-43-40(26-28)39-22-11-21-38-35-18-9-10-23-42(35)49(43)46(38)39)31-14-3-6-17-34(31)41-27-47-44-36-19-7-4-15-32(36)33-16-5-8-20-37(33)45(44)48-41/h1-27H. The Morgan fingerprint density at radius 3 is 1.65 bits per heavy atom. The minimum atomic E-state index is 0.866. The van der Waals surface area contributed by atoms with Crippen molar-refractivity contribution in [1.82, 2.24) is 14.4 Å². The number of nitrogens with zero attached hydrogens (tertiary/aromatic N) is 3. The molecule has 0 unspecified atom stereocenters. The quantitative estimate of drug-likeness (QED) is 0.184. The van der Waals surface area contributed by atoms with E-state index >= 15 is 0 Å². The van der Waals surface area contributed by atoms with Gasteiger partial charge in [-0.3, -0.25) is 4.98 Å². The van der Waals surface area contributed by atoms with Crippen LogP contribution in [-0.2, 0) is 0 Å². The molecule has 0 aliphatic rings. The molecule has 11 aromatic rings. The molecule has 3 heterocycles. The molecule has 0 saturated carbocycles. The number of hydrogen-bond acceptors (Lipinski definition) is 2. The predicted octanol–water partition coefficient (Wildman–Crippen LogP) is 12.1. The molecule has 3 heteroatoms. The monoisotopic (exact) mass is 621 g/mol. The van der Waals surface area contributed by atoms with Gasteiger partial charge < -0.3 is 4.40 Å². The van der Waals surface area contributed by atoms with Crippen LogP contribution < -0.4 is 0 Å². The van der Waals surface area contributed by atoms with Crippen molar-refractivity contribution in [2.75, 3.05) is 0 Å². The van der Waals surface area contributed by atoms with Crippen LogP contribution in [0.2, 0.25) is 0 Å². The lowest BCUT2D eigenvalue weighted by Crippen LogP contribution is -1.94. The lowest BCUT2D eigenvalue weighted by atomic mass is 9.90. The molecule has 0 aliphatic carbocycles. The third-order valence-corrected chi connectivity index (χ3v) is 10.4. The van der Waals surface area contributed by atoms with Gasteiger partial charge in [-0.05, 0) is 51.2 Å². The van der Waals surface area contributed by atoms with Crippen LogP contribution in [0, 0.1) is 0 Å². The molecule has 0 saturated heterocycles. The van der Waals surface area contributed by atoms with E-state index in [-0.39, 0.29) is 0 Å². The summed E-state index contributed by atoms with van der Waals surface area (Å²) in [5.74, 6) is 0. The van der Waals surface area contributed by atoms with Crippen molar-refractivity contribution in [1.29, 1.82) is 0 Å². The van der Waals surface area contributed by atoms with Crippen LogP contribution in [0.1, 0.15) is 0 Å². The lowest BCUT2D eigenvalue weighted by Gasteiger charge is -2.15. The SMILES string of the molecule is c1ccc(-c2ccccc2-c2cnc3c4ccccc4c4ccccc4c3n2)c(-c2ccc3c(c2)c2cccc4c5ccccc5n3c42)c1. The van der Waals surface area contributed by atoms with Crippen molar-refractivity contribution in [2.45, 2.75) is 0 Å². The van der Waals surface area contributed by atoms with E-state index < -0.39 is 0 Å². The number of benzene rings is 8. The second-order valence-electron chi connectivity index (χ2n) is 12.9. The van der Waals surface area contributed by atoms with Crippen LogP contribution in [0.15, 0.2) is 164 Å². The summed E-state index contributed by atoms with van der Waals surface area (Å²) in [6, 6.07) is 56.8. The van der Waals surface area contributed by atoms with Crippen LogP contribution in [0.25, 0.3) is 104 Å². The first-order valence-electron chi connectivity index (χ1n) is 16.8. The highest BCUT2D eigenvalue weighted by molar-refractivity contribution is 6.24. The van der Waals surface area contributed by atoms with Crippen molar-refractivity contribution in [3.05, 3.63) is 164 Å². The average Bonchev–Trinajstić information content (AvgIpc) is 3.70. The second kappa shape index (κ2) is 9.96. The van der Waals surface area contributed by atoms with Crippen LogP contribution in [0.3, 0.4) is 0 Å². The fraction of sp³-hybridized carbons (Fsp3) is 0. The maximum absolute atomic E-state index is 5.36. The topological polar surface area (TPSA) is 30.2 Å². The molecule has 0 N–H and O–H groups in total. The fourth-order valence-corrected chi connectivity index (χ4v) is 8.26. The van der Waals surface area contributed by atoms with Crippen molar-refractivity contribution in [3.63, 3.8) is 0 Å². The first kappa shape index (κ1) is 26.5. The molecule has 0 spiro atoms. The maximum atomic E-state index is 5.36. The number of para-hydroxylation sites is 2. The van der Waals surface area contributed by atoms with Crippen LogP contribution in [0.4, 0.5) is 0 Å². The van der Waals surface area contributed by atoms with Crippen molar-refractivity contribution < 1.29 is 0 Å². The molecule has 0 bridgehead atoms. The summed E-state index contributed by atoms with van der Waals surface area (Å²) in [7, 11) is 0. The second-order valence-corrected chi connectivity index (χ2v) is 12.9. The highest BCUT2D eigenvalue weighted by Crippen LogP contribution is 2.43. The molecule has 49 heavy (non-hydrogen) atoms. The minimum Gasteiger partial charge on any atom is -0.308 e. The zero-order valence-corrected chi connectivity index (χ0v) is 26.4. The average molecular weight is 622 g/mol. The molecular formula is C46H27N3. The molecule has 3 aromatic heterocycles. The number of rotatable bonds is 3. The van der Waals surface area contributed by atoms with Gasteiger partial charge in [0.2, 0.25) is 0 Å². The van der Waals surface area contributed by atoms with Crippen LogP contribution in [-0.4, -0.2) is 14.4 Å². The van der Waals surface area contributed by atoms with Gasteiger partial charge in [-0.15, -0.1) is 0 Å². The summed E-state index contributed by atoms with van der Waals surface area (Å²) < 4.78 is 2.44. The highest BCUT2D eigenvalue weighted by atomic mass is 14.9. The van der Waals surface area contributed by atoms with E-state index in [1.807, 2.05) is 6.20 Å². The highest BCUT2D eigenvalue weighted by Gasteiger charge is 2.19. The Morgan fingerprint density at radius 1 is 0.367 bits per heavy atom. The normalized spacial score (nSPS) is 12.1. The van der Waals surface area contributed by atoms with Crippen molar-refractivity contribution >= 4 is 70.7 Å². The summed E-state index contributed by atoms with van der Waals surface area (Å²) in [5.41, 5.74) is 12.3. The smallest absolute Gasteiger partial charge is 0.0979 e. The van der Waals surface area contributed by atoms with Gasteiger partial charge in [0.25, 0.3) is 0 Å². The van der Waals surface area contributed by atoms with E-state index in [0.717, 1.165) is 38.6 Å². The fourth-order valence-electron chi connectivity index (χ4n) is 8.26. The first-order chi connectivity index (χ1) is 24.3. The molecule has 0 atom stereocenters. The zero-order chi connectivity index (χ0) is 32.1. The van der Waals surface area contributed by atoms with Gasteiger partial charge in [0.15, 0.2) is 0 Å². The van der Waals surface area contributed by atoms with Crippen molar-refractivity contribution in [3.8, 4) is 33.5 Å². The van der Waals surface area contributed by atoms with Gasteiger partial charge >= 0.3 is 0 Å². The Kier molecular flexibility index (Phi) is 5.38. The summed E-state index contributed by atoms with van der Waals surface area (Å²) in [4.78, 5) is 10.4. The summed E-state index contributed by atoms with van der Waals surface area (Å²) in [5, 5.41) is 9.81. The molecule has 0 amide bonds. The van der Waals surface area contributed by atoms with Crippen molar-refractivity contribution in [2.24, 2.45) is 0 Å². The van der Waals surface area contributed by atoms with Crippen LogP contribution in [0.5, 0.6) is 0 Å². The summed E-state index contributed by atoms with van der Waals surface area (Å²) in [6.45, 7) is 0. The van der Waals surface area contributed by atoms with E-state index in [9.17, 15) is 0 Å². The summed E-state index contributed by atoms with van der Waals surface area (Å²) in [6.07, 6.45) is 1.94. The largest absolute Gasteiger partial charge is 0.308 e. The third-order valence-electron chi connectivity index (χ3n) is 10.4. The molecule has 0 aliphatic heterocycles.